The molecule has 0 bridgehead atoms. The van der Waals surface area contributed by atoms with Crippen LogP contribution >= 0.6 is 0 Å². The van der Waals surface area contributed by atoms with Crippen molar-refractivity contribution in [1.29, 1.82) is 0 Å². The smallest absolute Gasteiger partial charge is 0.282 e. The number of rotatable bonds is 5. The van der Waals surface area contributed by atoms with E-state index < -0.39 is 0 Å². The van der Waals surface area contributed by atoms with E-state index in [2.05, 4.69) is 25.7 Å². The molecular weight excluding hydrogens is 388 g/mol. The van der Waals surface area contributed by atoms with Crippen LogP contribution in [0.25, 0.3) is 5.57 Å². The van der Waals surface area contributed by atoms with E-state index in [4.69, 9.17) is 4.74 Å². The molecule has 1 fully saturated rings. The number of methoxy groups -OCH3 is 1. The predicted octanol–water partition coefficient (Wildman–Crippen LogP) is 4.84. The van der Waals surface area contributed by atoms with Gasteiger partial charge in [0, 0.05) is 18.7 Å². The molecule has 0 aliphatic carbocycles. The Bertz CT molecular complexity index is 1020. The first-order valence-corrected chi connectivity index (χ1v) is 11.0. The standard InChI is InChI=1S/C26H30N2O3/c1-17(2)19-11-13-20(14-12-19)28-25(29)23(21-9-5-6-10-22(21)31-4)24(26(28)30)27-15-7-8-18(3)16-27/h5-6,9-14,17-18H,7-8,15-16H2,1-4H3. The predicted molar refractivity (Wildman–Crippen MR) is 123 cm³/mol. The van der Waals surface area contributed by atoms with E-state index >= 15 is 0 Å². The van der Waals surface area contributed by atoms with Crippen LogP contribution in [0.5, 0.6) is 5.75 Å². The van der Waals surface area contributed by atoms with Crippen molar-refractivity contribution in [3.8, 4) is 5.75 Å². The molecule has 0 aromatic heterocycles. The molecular formula is C26H30N2O3. The number of likely N-dealkylation sites (tertiary alicyclic amines) is 1. The number of nitrogens with zero attached hydrogens (tertiary/aromatic N) is 2. The largest absolute Gasteiger partial charge is 0.496 e. The van der Waals surface area contributed by atoms with Crippen LogP contribution in [-0.2, 0) is 9.59 Å². The summed E-state index contributed by atoms with van der Waals surface area (Å²) in [5, 5.41) is 0. The fourth-order valence-corrected chi connectivity index (χ4v) is 4.54. The Morgan fingerprint density at radius 3 is 2.35 bits per heavy atom. The van der Waals surface area contributed by atoms with Crippen molar-refractivity contribution in [3.63, 3.8) is 0 Å². The van der Waals surface area contributed by atoms with Gasteiger partial charge in [0.2, 0.25) is 0 Å². The van der Waals surface area contributed by atoms with E-state index in [1.54, 1.807) is 7.11 Å². The normalized spacial score (nSPS) is 19.6. The van der Waals surface area contributed by atoms with Crippen LogP contribution in [0.2, 0.25) is 0 Å². The number of benzene rings is 2. The van der Waals surface area contributed by atoms with Crippen LogP contribution in [0.3, 0.4) is 0 Å². The first-order valence-electron chi connectivity index (χ1n) is 11.0. The number of para-hydroxylation sites is 1. The number of anilines is 1. The van der Waals surface area contributed by atoms with Gasteiger partial charge < -0.3 is 9.64 Å². The van der Waals surface area contributed by atoms with Crippen LogP contribution in [0, 0.1) is 5.92 Å². The number of hydrogen-bond donors (Lipinski definition) is 0. The lowest BCUT2D eigenvalue weighted by Gasteiger charge is -2.33. The first kappa shape index (κ1) is 21.2. The fraction of sp³-hybridized carbons (Fsp3) is 0.385. The van der Waals surface area contributed by atoms with E-state index in [0.717, 1.165) is 25.9 Å². The van der Waals surface area contributed by atoms with Crippen LogP contribution in [-0.4, -0.2) is 36.9 Å². The Hall–Kier alpha value is -3.08. The van der Waals surface area contributed by atoms with Crippen molar-refractivity contribution in [2.75, 3.05) is 25.1 Å². The molecule has 1 unspecified atom stereocenters. The first-order chi connectivity index (χ1) is 14.9. The van der Waals surface area contributed by atoms with Crippen LogP contribution in [0.15, 0.2) is 54.2 Å². The number of imide groups is 1. The van der Waals surface area contributed by atoms with E-state index in [9.17, 15) is 9.59 Å². The van der Waals surface area contributed by atoms with Crippen molar-refractivity contribution in [3.05, 3.63) is 65.4 Å². The monoisotopic (exact) mass is 418 g/mol. The molecule has 1 atom stereocenters. The number of amides is 2. The van der Waals surface area contributed by atoms with Gasteiger partial charge in [-0.2, -0.15) is 0 Å². The molecule has 2 heterocycles. The summed E-state index contributed by atoms with van der Waals surface area (Å²) in [5.41, 5.74) is 3.37. The molecule has 0 spiro atoms. The molecule has 162 valence electrons. The zero-order chi connectivity index (χ0) is 22.1. The van der Waals surface area contributed by atoms with E-state index in [1.165, 1.54) is 10.5 Å². The Labute approximate surface area is 184 Å². The van der Waals surface area contributed by atoms with Crippen molar-refractivity contribution in [1.82, 2.24) is 4.90 Å². The molecule has 2 amide bonds. The number of piperidine rings is 1. The van der Waals surface area contributed by atoms with Gasteiger partial charge in [-0.3, -0.25) is 9.59 Å². The lowest BCUT2D eigenvalue weighted by Crippen LogP contribution is -2.39. The maximum absolute atomic E-state index is 13.7. The Morgan fingerprint density at radius 2 is 1.71 bits per heavy atom. The zero-order valence-corrected chi connectivity index (χ0v) is 18.7. The molecule has 4 rings (SSSR count). The summed E-state index contributed by atoms with van der Waals surface area (Å²) in [4.78, 5) is 30.8. The molecule has 2 aromatic carbocycles. The van der Waals surface area contributed by atoms with Crippen LogP contribution in [0.1, 0.15) is 50.7 Å². The lowest BCUT2D eigenvalue weighted by molar-refractivity contribution is -0.120. The third-order valence-corrected chi connectivity index (χ3v) is 6.23. The second-order valence-corrected chi connectivity index (χ2v) is 8.81. The summed E-state index contributed by atoms with van der Waals surface area (Å²) in [6.07, 6.45) is 2.14. The maximum atomic E-state index is 13.7. The minimum atomic E-state index is -0.292. The summed E-state index contributed by atoms with van der Waals surface area (Å²) < 4.78 is 5.55. The van der Waals surface area contributed by atoms with E-state index in [1.807, 2.05) is 48.5 Å². The van der Waals surface area contributed by atoms with Gasteiger partial charge in [0.25, 0.3) is 11.8 Å². The van der Waals surface area contributed by atoms with Gasteiger partial charge in [0.1, 0.15) is 11.4 Å². The summed E-state index contributed by atoms with van der Waals surface area (Å²) in [6, 6.07) is 15.1. The third kappa shape index (κ3) is 3.85. The molecule has 0 saturated carbocycles. The molecule has 0 radical (unpaired) electrons. The average Bonchev–Trinajstić information content (AvgIpc) is 3.03. The van der Waals surface area contributed by atoms with Gasteiger partial charge in [-0.05, 0) is 48.4 Å². The summed E-state index contributed by atoms with van der Waals surface area (Å²) >= 11 is 0. The second kappa shape index (κ2) is 8.58. The van der Waals surface area contributed by atoms with Crippen molar-refractivity contribution in [2.45, 2.75) is 39.5 Å². The van der Waals surface area contributed by atoms with Crippen LogP contribution < -0.4 is 9.64 Å². The maximum Gasteiger partial charge on any atom is 0.282 e. The van der Waals surface area contributed by atoms with Gasteiger partial charge >= 0.3 is 0 Å². The van der Waals surface area contributed by atoms with E-state index in [0.29, 0.717) is 40.1 Å². The molecule has 1 saturated heterocycles. The van der Waals surface area contributed by atoms with Gasteiger partial charge in [-0.15, -0.1) is 0 Å². The topological polar surface area (TPSA) is 49.9 Å². The van der Waals surface area contributed by atoms with E-state index in [-0.39, 0.29) is 11.8 Å². The second-order valence-electron chi connectivity index (χ2n) is 8.81. The lowest BCUT2D eigenvalue weighted by atomic mass is 9.97. The molecule has 5 nitrogen and oxygen atoms in total. The Kier molecular flexibility index (Phi) is 5.86. The quantitative estimate of drug-likeness (QED) is 0.653. The highest BCUT2D eigenvalue weighted by molar-refractivity contribution is 6.45. The highest BCUT2D eigenvalue weighted by atomic mass is 16.5. The van der Waals surface area contributed by atoms with Gasteiger partial charge in [0.05, 0.1) is 18.4 Å². The minimum absolute atomic E-state index is 0.252. The molecule has 2 aromatic rings. The van der Waals surface area contributed by atoms with Gasteiger partial charge in [-0.25, -0.2) is 4.90 Å². The summed E-state index contributed by atoms with van der Waals surface area (Å²) in [5.74, 6) is 0.907. The van der Waals surface area contributed by atoms with Crippen molar-refractivity contribution < 1.29 is 14.3 Å². The van der Waals surface area contributed by atoms with Crippen LogP contribution in [0.4, 0.5) is 5.69 Å². The number of hydrogen-bond acceptors (Lipinski definition) is 4. The third-order valence-electron chi connectivity index (χ3n) is 6.23. The van der Waals surface area contributed by atoms with Gasteiger partial charge in [-0.1, -0.05) is 51.1 Å². The average molecular weight is 419 g/mol. The minimum Gasteiger partial charge on any atom is -0.496 e. The highest BCUT2D eigenvalue weighted by Gasteiger charge is 2.43. The molecule has 0 N–H and O–H groups in total. The number of ether oxygens (including phenoxy) is 1. The molecule has 31 heavy (non-hydrogen) atoms. The van der Waals surface area contributed by atoms with Crippen molar-refractivity contribution in [2.24, 2.45) is 5.92 Å². The molecule has 5 heteroatoms. The number of carbonyl (C=O) groups excluding carboxylic acids is 2. The van der Waals surface area contributed by atoms with Crippen molar-refractivity contribution >= 4 is 23.1 Å². The fourth-order valence-electron chi connectivity index (χ4n) is 4.54. The molecule has 2 aliphatic rings. The Morgan fingerprint density at radius 1 is 1.00 bits per heavy atom. The Balaban J connectivity index is 1.82. The molecule has 2 aliphatic heterocycles. The van der Waals surface area contributed by atoms with Gasteiger partial charge in [0.15, 0.2) is 0 Å². The highest BCUT2D eigenvalue weighted by Crippen LogP contribution is 2.39. The number of carbonyl (C=O) groups is 2. The SMILES string of the molecule is COc1ccccc1C1=C(N2CCCC(C)C2)C(=O)N(c2ccc(C(C)C)cc2)C1=O. The summed E-state index contributed by atoms with van der Waals surface area (Å²) in [6.45, 7) is 7.99. The summed E-state index contributed by atoms with van der Waals surface area (Å²) in [7, 11) is 1.59. The zero-order valence-electron chi connectivity index (χ0n) is 18.7.